The van der Waals surface area contributed by atoms with E-state index in [1.165, 1.54) is 0 Å². The van der Waals surface area contributed by atoms with Crippen LogP contribution in [0.5, 0.6) is 0 Å². The Balaban J connectivity index is 1.33. The van der Waals surface area contributed by atoms with Gasteiger partial charge in [-0.05, 0) is 81.3 Å². The average Bonchev–Trinajstić information content (AvgIpc) is 3.37. The summed E-state index contributed by atoms with van der Waals surface area (Å²) >= 11 is 1.02. The largest absolute Gasteiger partial charge is 0.351 e. The van der Waals surface area contributed by atoms with Crippen molar-refractivity contribution in [3.8, 4) is 22.5 Å². The summed E-state index contributed by atoms with van der Waals surface area (Å²) < 4.78 is 30.5. The molecule has 5 rings (SSSR count). The molecule has 0 amide bonds. The molecule has 10 heteroatoms. The van der Waals surface area contributed by atoms with Gasteiger partial charge in [0.1, 0.15) is 11.6 Å². The van der Waals surface area contributed by atoms with Crippen LogP contribution in [0.3, 0.4) is 0 Å². The van der Waals surface area contributed by atoms with E-state index >= 15 is 0 Å². The van der Waals surface area contributed by atoms with Crippen LogP contribution < -0.4 is 10.0 Å². The first-order valence-corrected chi connectivity index (χ1v) is 12.2. The van der Waals surface area contributed by atoms with Gasteiger partial charge in [-0.3, -0.25) is 5.10 Å². The first kappa shape index (κ1) is 23.3. The Kier molecular flexibility index (Phi) is 6.91. The van der Waals surface area contributed by atoms with Gasteiger partial charge in [0.25, 0.3) is 0 Å². The van der Waals surface area contributed by atoms with Crippen molar-refractivity contribution in [2.45, 2.75) is 23.8 Å². The number of aromatic amines is 1. The topological polar surface area (TPSA) is 81.8 Å². The lowest BCUT2D eigenvalue weighted by Gasteiger charge is -2.29. The summed E-state index contributed by atoms with van der Waals surface area (Å²) in [4.78, 5) is 11.7. The summed E-state index contributed by atoms with van der Waals surface area (Å²) in [5.41, 5.74) is 4.03. The van der Waals surface area contributed by atoms with Gasteiger partial charge < -0.3 is 14.9 Å². The van der Waals surface area contributed by atoms with E-state index in [1.54, 1.807) is 12.4 Å². The lowest BCUT2D eigenvalue weighted by atomic mass is 10.1. The monoisotopic (exact) mass is 493 g/mol. The fourth-order valence-electron chi connectivity index (χ4n) is 4.02. The average molecular weight is 494 g/mol. The van der Waals surface area contributed by atoms with Gasteiger partial charge in [-0.25, -0.2) is 18.7 Å². The Morgan fingerprint density at radius 1 is 1.09 bits per heavy atom. The SMILES string of the molecule is CN1CCC(Nc2nccc(-c3cn[nH]c3-c3cccc(NSc4cc(F)ccc4F)c3)n2)CC1. The van der Waals surface area contributed by atoms with E-state index in [0.29, 0.717) is 12.0 Å². The minimum Gasteiger partial charge on any atom is -0.351 e. The summed E-state index contributed by atoms with van der Waals surface area (Å²) in [6.07, 6.45) is 5.60. The molecule has 0 atom stereocenters. The van der Waals surface area contributed by atoms with Crippen molar-refractivity contribution in [3.05, 3.63) is 72.6 Å². The molecule has 0 spiro atoms. The van der Waals surface area contributed by atoms with Crippen molar-refractivity contribution in [2.75, 3.05) is 30.2 Å². The second-order valence-corrected chi connectivity index (χ2v) is 9.35. The quantitative estimate of drug-likeness (QED) is 0.296. The maximum Gasteiger partial charge on any atom is 0.223 e. The van der Waals surface area contributed by atoms with Crippen LogP contribution in [0.2, 0.25) is 0 Å². The van der Waals surface area contributed by atoms with Crippen LogP contribution in [0.4, 0.5) is 20.4 Å². The van der Waals surface area contributed by atoms with Gasteiger partial charge >= 0.3 is 0 Å². The Bertz CT molecular complexity index is 1300. The van der Waals surface area contributed by atoms with E-state index in [2.05, 4.69) is 37.2 Å². The number of hydrogen-bond acceptors (Lipinski definition) is 7. The zero-order valence-electron chi connectivity index (χ0n) is 19.1. The summed E-state index contributed by atoms with van der Waals surface area (Å²) in [6, 6.07) is 13.2. The van der Waals surface area contributed by atoms with Crippen molar-refractivity contribution in [1.29, 1.82) is 0 Å². The van der Waals surface area contributed by atoms with Gasteiger partial charge in [-0.1, -0.05) is 12.1 Å². The molecule has 0 unspecified atom stereocenters. The van der Waals surface area contributed by atoms with Gasteiger partial charge in [-0.15, -0.1) is 0 Å². The Hall–Kier alpha value is -3.50. The smallest absolute Gasteiger partial charge is 0.223 e. The number of nitrogens with zero attached hydrogens (tertiary/aromatic N) is 4. The fourth-order valence-corrected chi connectivity index (χ4v) is 4.71. The summed E-state index contributed by atoms with van der Waals surface area (Å²) in [5, 5.41) is 10.8. The number of likely N-dealkylation sites (tertiary alicyclic amines) is 1. The van der Waals surface area contributed by atoms with Crippen molar-refractivity contribution in [3.63, 3.8) is 0 Å². The van der Waals surface area contributed by atoms with Gasteiger partial charge in [0.15, 0.2) is 0 Å². The van der Waals surface area contributed by atoms with E-state index in [1.807, 2.05) is 30.3 Å². The molecule has 3 heterocycles. The Labute approximate surface area is 206 Å². The van der Waals surface area contributed by atoms with Crippen LogP contribution in [0.15, 0.2) is 65.8 Å². The predicted octanol–water partition coefficient (Wildman–Crippen LogP) is 5.44. The number of aromatic nitrogens is 4. The molecule has 3 N–H and O–H groups in total. The summed E-state index contributed by atoms with van der Waals surface area (Å²) in [7, 11) is 2.14. The first-order chi connectivity index (χ1) is 17.0. The highest BCUT2D eigenvalue weighted by molar-refractivity contribution is 8.00. The number of piperidine rings is 1. The third kappa shape index (κ3) is 5.60. The highest BCUT2D eigenvalue weighted by Crippen LogP contribution is 2.32. The molecule has 180 valence electrons. The zero-order chi connectivity index (χ0) is 24.2. The van der Waals surface area contributed by atoms with Gasteiger partial charge in [-0.2, -0.15) is 5.10 Å². The van der Waals surface area contributed by atoms with Gasteiger partial charge in [0.05, 0.1) is 22.5 Å². The van der Waals surface area contributed by atoms with E-state index < -0.39 is 11.6 Å². The zero-order valence-corrected chi connectivity index (χ0v) is 19.9. The van der Waals surface area contributed by atoms with Crippen LogP contribution in [0, 0.1) is 11.6 Å². The number of benzene rings is 2. The molecule has 2 aromatic carbocycles. The molecule has 1 saturated heterocycles. The molecule has 4 aromatic rings. The molecular formula is C25H25F2N7S. The van der Waals surface area contributed by atoms with E-state index in [0.717, 1.165) is 84.3 Å². The van der Waals surface area contributed by atoms with Gasteiger partial charge in [0.2, 0.25) is 5.95 Å². The lowest BCUT2D eigenvalue weighted by molar-refractivity contribution is 0.263. The number of nitrogens with one attached hydrogen (secondary N) is 3. The molecule has 2 aromatic heterocycles. The molecule has 0 saturated carbocycles. The Morgan fingerprint density at radius 3 is 2.80 bits per heavy atom. The summed E-state index contributed by atoms with van der Waals surface area (Å²) in [5.74, 6) is -0.362. The number of hydrogen-bond donors (Lipinski definition) is 3. The maximum atomic E-state index is 14.0. The first-order valence-electron chi connectivity index (χ1n) is 11.4. The second-order valence-electron chi connectivity index (χ2n) is 8.51. The van der Waals surface area contributed by atoms with Crippen molar-refractivity contribution >= 4 is 23.6 Å². The normalized spacial score (nSPS) is 14.7. The van der Waals surface area contributed by atoms with E-state index in [-0.39, 0.29) is 4.90 Å². The molecule has 7 nitrogen and oxygen atoms in total. The molecule has 0 bridgehead atoms. The van der Waals surface area contributed by atoms with Crippen molar-refractivity contribution in [1.82, 2.24) is 25.1 Å². The number of H-pyrrole nitrogens is 1. The molecule has 1 fully saturated rings. The van der Waals surface area contributed by atoms with Crippen LogP contribution in [-0.2, 0) is 0 Å². The molecule has 0 aliphatic carbocycles. The molecule has 1 aliphatic heterocycles. The third-order valence-corrected chi connectivity index (χ3v) is 6.82. The fraction of sp³-hybridized carbons (Fsp3) is 0.240. The van der Waals surface area contributed by atoms with E-state index in [4.69, 9.17) is 4.98 Å². The van der Waals surface area contributed by atoms with E-state index in [9.17, 15) is 8.78 Å². The Morgan fingerprint density at radius 2 is 1.94 bits per heavy atom. The molecule has 35 heavy (non-hydrogen) atoms. The van der Waals surface area contributed by atoms with Crippen molar-refractivity contribution in [2.24, 2.45) is 0 Å². The van der Waals surface area contributed by atoms with Crippen LogP contribution in [0.25, 0.3) is 22.5 Å². The number of halogens is 2. The highest BCUT2D eigenvalue weighted by Gasteiger charge is 2.18. The minimum absolute atomic E-state index is 0.184. The summed E-state index contributed by atoms with van der Waals surface area (Å²) in [6.45, 7) is 2.11. The molecule has 0 radical (unpaired) electrons. The minimum atomic E-state index is -0.485. The van der Waals surface area contributed by atoms with Crippen molar-refractivity contribution < 1.29 is 8.78 Å². The van der Waals surface area contributed by atoms with Crippen LogP contribution >= 0.6 is 11.9 Å². The van der Waals surface area contributed by atoms with Gasteiger partial charge in [0, 0.05) is 29.1 Å². The molecule has 1 aliphatic rings. The standard InChI is InChI=1S/C25H25F2N7S/c1-34-11-8-18(9-12-34)30-25-28-10-7-22(31-25)20-15-29-32-24(20)16-3-2-4-19(13-16)33-35-23-14-17(26)5-6-21(23)27/h2-7,10,13-15,18,33H,8-9,11-12H2,1H3,(H,29,32)(H,28,30,31). The predicted molar refractivity (Wildman–Crippen MR) is 135 cm³/mol. The maximum absolute atomic E-state index is 14.0. The third-order valence-electron chi connectivity index (χ3n) is 5.95. The number of rotatable bonds is 7. The van der Waals surface area contributed by atoms with Crippen LogP contribution in [0.1, 0.15) is 12.8 Å². The van der Waals surface area contributed by atoms with Crippen LogP contribution in [-0.4, -0.2) is 51.2 Å². The highest BCUT2D eigenvalue weighted by atomic mass is 32.2. The second kappa shape index (κ2) is 10.4. The number of anilines is 2. The lowest BCUT2D eigenvalue weighted by Crippen LogP contribution is -2.37. The molecular weight excluding hydrogens is 468 g/mol.